The van der Waals surface area contributed by atoms with E-state index in [4.69, 9.17) is 16.3 Å². The van der Waals surface area contributed by atoms with Crippen molar-refractivity contribution in [1.29, 1.82) is 0 Å². The van der Waals surface area contributed by atoms with E-state index in [0.29, 0.717) is 34.2 Å². The van der Waals surface area contributed by atoms with Gasteiger partial charge >= 0.3 is 5.97 Å². The number of carbonyl (C=O) groups is 2. The summed E-state index contributed by atoms with van der Waals surface area (Å²) < 4.78 is 4.71. The Hall–Kier alpha value is -3.45. The van der Waals surface area contributed by atoms with Gasteiger partial charge in [0.2, 0.25) is 0 Å². The van der Waals surface area contributed by atoms with Gasteiger partial charge in [0.05, 0.1) is 23.4 Å². The number of nitrogens with one attached hydrogen (secondary N) is 2. The fourth-order valence-electron chi connectivity index (χ4n) is 2.43. The summed E-state index contributed by atoms with van der Waals surface area (Å²) in [6.45, 7) is 0.388. The molecule has 0 saturated heterocycles. The number of benzene rings is 1. The number of ether oxygens (including phenoxy) is 1. The number of rotatable bonds is 6. The van der Waals surface area contributed by atoms with Gasteiger partial charge in [-0.1, -0.05) is 11.6 Å². The van der Waals surface area contributed by atoms with Crippen LogP contribution in [0, 0.1) is 0 Å². The van der Waals surface area contributed by atoms with E-state index in [-0.39, 0.29) is 5.91 Å². The molecule has 0 saturated carbocycles. The number of aromatic nitrogens is 2. The zero-order valence-electron chi connectivity index (χ0n) is 15.0. The van der Waals surface area contributed by atoms with Crippen LogP contribution in [0.25, 0.3) is 0 Å². The van der Waals surface area contributed by atoms with Crippen LogP contribution in [0.4, 0.5) is 11.5 Å². The highest BCUT2D eigenvalue weighted by atomic mass is 35.5. The molecule has 0 unspecified atom stereocenters. The summed E-state index contributed by atoms with van der Waals surface area (Å²) in [5, 5.41) is 6.27. The summed E-state index contributed by atoms with van der Waals surface area (Å²) >= 11 is 6.19. The second-order valence-corrected chi connectivity index (χ2v) is 6.19. The van der Waals surface area contributed by atoms with Crippen LogP contribution in [0.2, 0.25) is 5.02 Å². The standard InChI is InChI=1S/C20H17ClN4O3/c1-28-20(27)15-2-3-16(21)17(10-15)25-18-11-14(6-9-23-18)19(26)24-12-13-4-7-22-8-5-13/h2-11H,12H2,1H3,(H,23,25)(H,24,26). The van der Waals surface area contributed by atoms with Gasteiger partial charge in [-0.15, -0.1) is 0 Å². The first-order valence-electron chi connectivity index (χ1n) is 8.35. The molecule has 3 rings (SSSR count). The van der Waals surface area contributed by atoms with Crippen LogP contribution >= 0.6 is 11.6 Å². The second-order valence-electron chi connectivity index (χ2n) is 5.78. The third kappa shape index (κ3) is 4.83. The summed E-state index contributed by atoms with van der Waals surface area (Å²) in [7, 11) is 1.31. The molecular formula is C20H17ClN4O3. The molecule has 28 heavy (non-hydrogen) atoms. The van der Waals surface area contributed by atoms with Gasteiger partial charge < -0.3 is 15.4 Å². The fourth-order valence-corrected chi connectivity index (χ4v) is 2.59. The van der Waals surface area contributed by atoms with E-state index in [1.54, 1.807) is 42.7 Å². The van der Waals surface area contributed by atoms with Crippen LogP contribution in [0.15, 0.2) is 61.1 Å². The highest BCUT2D eigenvalue weighted by Gasteiger charge is 2.11. The number of hydrogen-bond donors (Lipinski definition) is 2. The lowest BCUT2D eigenvalue weighted by Gasteiger charge is -2.11. The van der Waals surface area contributed by atoms with E-state index in [0.717, 1.165) is 5.56 Å². The monoisotopic (exact) mass is 396 g/mol. The first-order chi connectivity index (χ1) is 13.6. The summed E-state index contributed by atoms with van der Waals surface area (Å²) in [4.78, 5) is 32.2. The summed E-state index contributed by atoms with van der Waals surface area (Å²) in [6, 6.07) is 11.6. The number of nitrogens with zero attached hydrogens (tertiary/aromatic N) is 2. The maximum atomic E-state index is 12.4. The van der Waals surface area contributed by atoms with Gasteiger partial charge in [0.25, 0.3) is 5.91 Å². The smallest absolute Gasteiger partial charge is 0.337 e. The third-order valence-corrected chi connectivity index (χ3v) is 4.20. The Morgan fingerprint density at radius 1 is 1.04 bits per heavy atom. The minimum atomic E-state index is -0.475. The number of amides is 1. The molecule has 0 atom stereocenters. The number of methoxy groups -OCH3 is 1. The first-order valence-corrected chi connectivity index (χ1v) is 8.72. The van der Waals surface area contributed by atoms with Crippen molar-refractivity contribution in [3.63, 3.8) is 0 Å². The van der Waals surface area contributed by atoms with Crippen molar-refractivity contribution in [2.75, 3.05) is 12.4 Å². The maximum absolute atomic E-state index is 12.4. The van der Waals surface area contributed by atoms with Crippen molar-refractivity contribution < 1.29 is 14.3 Å². The lowest BCUT2D eigenvalue weighted by molar-refractivity contribution is 0.0600. The third-order valence-electron chi connectivity index (χ3n) is 3.87. The van der Waals surface area contributed by atoms with Crippen molar-refractivity contribution in [3.05, 3.63) is 82.8 Å². The minimum Gasteiger partial charge on any atom is -0.465 e. The molecule has 0 radical (unpaired) electrons. The van der Waals surface area contributed by atoms with Crippen LogP contribution in [-0.4, -0.2) is 29.0 Å². The number of carbonyl (C=O) groups excluding carboxylic acids is 2. The van der Waals surface area contributed by atoms with Gasteiger partial charge in [0.1, 0.15) is 5.82 Å². The van der Waals surface area contributed by atoms with Gasteiger partial charge in [0, 0.05) is 30.7 Å². The predicted molar refractivity (Wildman–Crippen MR) is 106 cm³/mol. The van der Waals surface area contributed by atoms with E-state index >= 15 is 0 Å². The largest absolute Gasteiger partial charge is 0.465 e. The van der Waals surface area contributed by atoms with Crippen LogP contribution in [-0.2, 0) is 11.3 Å². The molecular weight excluding hydrogens is 380 g/mol. The Balaban J connectivity index is 1.73. The molecule has 0 fully saturated rings. The van der Waals surface area contributed by atoms with E-state index in [1.807, 2.05) is 12.1 Å². The van der Waals surface area contributed by atoms with Crippen LogP contribution in [0.3, 0.4) is 0 Å². The van der Waals surface area contributed by atoms with Crippen molar-refractivity contribution in [3.8, 4) is 0 Å². The Kier molecular flexibility index (Phi) is 6.18. The zero-order chi connectivity index (χ0) is 19.9. The van der Waals surface area contributed by atoms with Crippen molar-refractivity contribution >= 4 is 35.0 Å². The molecule has 8 heteroatoms. The van der Waals surface area contributed by atoms with Gasteiger partial charge in [0.15, 0.2) is 0 Å². The quantitative estimate of drug-likeness (QED) is 0.618. The highest BCUT2D eigenvalue weighted by Crippen LogP contribution is 2.26. The lowest BCUT2D eigenvalue weighted by Crippen LogP contribution is -2.22. The van der Waals surface area contributed by atoms with Gasteiger partial charge in [-0.05, 0) is 48.0 Å². The fraction of sp³-hybridized carbons (Fsp3) is 0.100. The molecule has 0 aliphatic heterocycles. The van der Waals surface area contributed by atoms with Crippen LogP contribution < -0.4 is 10.6 Å². The van der Waals surface area contributed by atoms with Crippen molar-refractivity contribution in [2.45, 2.75) is 6.54 Å². The average Bonchev–Trinajstić information content (AvgIpc) is 2.74. The van der Waals surface area contributed by atoms with Crippen LogP contribution in [0.5, 0.6) is 0 Å². The van der Waals surface area contributed by atoms with Gasteiger partial charge in [-0.2, -0.15) is 0 Å². The summed E-state index contributed by atoms with van der Waals surface area (Å²) in [6.07, 6.45) is 4.85. The second kappa shape index (κ2) is 8.96. The SMILES string of the molecule is COC(=O)c1ccc(Cl)c(Nc2cc(C(=O)NCc3ccncc3)ccn2)c1. The molecule has 1 amide bonds. The van der Waals surface area contributed by atoms with Gasteiger partial charge in [-0.3, -0.25) is 9.78 Å². The molecule has 0 bridgehead atoms. The minimum absolute atomic E-state index is 0.239. The molecule has 0 aliphatic carbocycles. The number of pyridine rings is 2. The molecule has 3 aromatic rings. The topological polar surface area (TPSA) is 93.2 Å². The Morgan fingerprint density at radius 3 is 2.57 bits per heavy atom. The number of halogens is 1. The van der Waals surface area contributed by atoms with E-state index in [2.05, 4.69) is 20.6 Å². The predicted octanol–water partition coefficient (Wildman–Crippen LogP) is 3.59. The van der Waals surface area contributed by atoms with Crippen molar-refractivity contribution in [1.82, 2.24) is 15.3 Å². The molecule has 1 aromatic carbocycles. The summed E-state index contributed by atoms with van der Waals surface area (Å²) in [5.41, 5.74) is 2.21. The van der Waals surface area contributed by atoms with E-state index < -0.39 is 5.97 Å². The number of esters is 1. The summed E-state index contributed by atoms with van der Waals surface area (Å²) in [5.74, 6) is -0.297. The molecule has 2 heterocycles. The molecule has 2 N–H and O–H groups in total. The average molecular weight is 397 g/mol. The number of anilines is 2. The maximum Gasteiger partial charge on any atom is 0.337 e. The Labute approximate surface area is 166 Å². The Morgan fingerprint density at radius 2 is 1.82 bits per heavy atom. The first kappa shape index (κ1) is 19.3. The molecule has 2 aromatic heterocycles. The number of hydrogen-bond acceptors (Lipinski definition) is 6. The molecule has 7 nitrogen and oxygen atoms in total. The van der Waals surface area contributed by atoms with Gasteiger partial charge in [-0.25, -0.2) is 9.78 Å². The van der Waals surface area contributed by atoms with E-state index in [9.17, 15) is 9.59 Å². The lowest BCUT2D eigenvalue weighted by atomic mass is 10.2. The molecule has 0 spiro atoms. The Bertz CT molecular complexity index is 996. The normalized spacial score (nSPS) is 10.2. The van der Waals surface area contributed by atoms with Crippen molar-refractivity contribution in [2.24, 2.45) is 0 Å². The van der Waals surface area contributed by atoms with Crippen LogP contribution in [0.1, 0.15) is 26.3 Å². The molecule has 142 valence electrons. The molecule has 0 aliphatic rings. The highest BCUT2D eigenvalue weighted by molar-refractivity contribution is 6.33. The van der Waals surface area contributed by atoms with E-state index in [1.165, 1.54) is 13.3 Å². The zero-order valence-corrected chi connectivity index (χ0v) is 15.7.